The topological polar surface area (TPSA) is 58.4 Å². The number of anilines is 3. The SMILES string of the molecule is Cc1cccc(Nc2cc(N3CCCCC3C)c3noc4c3c2C(=O)c2ccccc2-4)c1. The minimum atomic E-state index is 0.00898. The highest BCUT2D eigenvalue weighted by Crippen LogP contribution is 2.47. The monoisotopic (exact) mass is 423 g/mol. The van der Waals surface area contributed by atoms with Crippen molar-refractivity contribution in [3.63, 3.8) is 0 Å². The molecule has 3 aromatic carbocycles. The lowest BCUT2D eigenvalue weighted by molar-refractivity contribution is 0.104. The second kappa shape index (κ2) is 7.23. The number of nitrogens with zero attached hydrogens (tertiary/aromatic N) is 2. The molecule has 1 aromatic heterocycles. The van der Waals surface area contributed by atoms with Gasteiger partial charge in [-0.2, -0.15) is 0 Å². The van der Waals surface area contributed by atoms with Crippen LogP contribution in [0.5, 0.6) is 0 Å². The average molecular weight is 424 g/mol. The first kappa shape index (κ1) is 19.1. The van der Waals surface area contributed by atoms with Gasteiger partial charge in [0.2, 0.25) is 0 Å². The van der Waals surface area contributed by atoms with Gasteiger partial charge in [0.1, 0.15) is 5.52 Å². The number of nitrogens with one attached hydrogen (secondary N) is 1. The van der Waals surface area contributed by atoms with E-state index in [2.05, 4.69) is 47.4 Å². The van der Waals surface area contributed by atoms with Crippen LogP contribution in [-0.4, -0.2) is 23.5 Å². The van der Waals surface area contributed by atoms with E-state index in [0.29, 0.717) is 22.9 Å². The van der Waals surface area contributed by atoms with Gasteiger partial charge in [-0.15, -0.1) is 0 Å². The summed E-state index contributed by atoms with van der Waals surface area (Å²) in [6.07, 6.45) is 3.54. The third kappa shape index (κ3) is 2.84. The van der Waals surface area contributed by atoms with Gasteiger partial charge in [0.25, 0.3) is 0 Å². The summed E-state index contributed by atoms with van der Waals surface area (Å²) in [5.74, 6) is 0.693. The Kier molecular flexibility index (Phi) is 4.32. The standard InChI is InChI=1S/C27H25N3O2/c1-16-8-7-10-18(14-16)28-21-15-22(30-13-6-5-9-17(30)2)25-24-23(21)26(31)19-11-3-4-12-20(19)27(24)32-29-25/h3-4,7-8,10-12,14-15,17,28H,5-6,9,13H2,1-2H3. The van der Waals surface area contributed by atoms with Crippen LogP contribution in [0, 0.1) is 6.92 Å². The maximum absolute atomic E-state index is 13.7. The van der Waals surface area contributed by atoms with Gasteiger partial charge in [0.15, 0.2) is 11.5 Å². The molecule has 2 heterocycles. The summed E-state index contributed by atoms with van der Waals surface area (Å²) in [4.78, 5) is 16.1. The highest BCUT2D eigenvalue weighted by atomic mass is 16.5. The van der Waals surface area contributed by atoms with Gasteiger partial charge in [0.05, 0.1) is 22.3 Å². The van der Waals surface area contributed by atoms with Crippen molar-refractivity contribution < 1.29 is 9.32 Å². The maximum Gasteiger partial charge on any atom is 0.196 e. The third-order valence-corrected chi connectivity index (χ3v) is 6.79. The molecule has 0 bridgehead atoms. The van der Waals surface area contributed by atoms with Gasteiger partial charge < -0.3 is 14.7 Å². The fourth-order valence-electron chi connectivity index (χ4n) is 5.19. The second-order valence-corrected chi connectivity index (χ2v) is 8.96. The van der Waals surface area contributed by atoms with Crippen LogP contribution < -0.4 is 10.2 Å². The molecule has 6 rings (SSSR count). The lowest BCUT2D eigenvalue weighted by atomic mass is 9.86. The van der Waals surface area contributed by atoms with Gasteiger partial charge in [-0.05, 0) is 56.9 Å². The van der Waals surface area contributed by atoms with E-state index < -0.39 is 0 Å². The van der Waals surface area contributed by atoms with Crippen molar-refractivity contribution in [1.29, 1.82) is 0 Å². The fraction of sp³-hybridized carbons (Fsp3) is 0.259. The zero-order valence-electron chi connectivity index (χ0n) is 18.3. The van der Waals surface area contributed by atoms with Crippen LogP contribution >= 0.6 is 0 Å². The summed E-state index contributed by atoms with van der Waals surface area (Å²) in [6.45, 7) is 5.31. The Labute approximate surface area is 187 Å². The molecule has 1 unspecified atom stereocenters. The van der Waals surface area contributed by atoms with Crippen molar-refractivity contribution in [3.8, 4) is 11.3 Å². The van der Waals surface area contributed by atoms with Crippen molar-refractivity contribution >= 4 is 33.7 Å². The van der Waals surface area contributed by atoms with Crippen LogP contribution in [0.3, 0.4) is 0 Å². The molecule has 0 radical (unpaired) electrons. The molecule has 1 aliphatic heterocycles. The van der Waals surface area contributed by atoms with Crippen LogP contribution in [0.25, 0.3) is 22.2 Å². The molecule has 1 fully saturated rings. The molecular formula is C27H25N3O2. The first-order chi connectivity index (χ1) is 15.6. The Morgan fingerprint density at radius 3 is 2.72 bits per heavy atom. The van der Waals surface area contributed by atoms with Crippen molar-refractivity contribution in [3.05, 3.63) is 71.3 Å². The number of hydrogen-bond donors (Lipinski definition) is 1. The van der Waals surface area contributed by atoms with E-state index in [1.807, 2.05) is 36.4 Å². The number of fused-ring (bicyclic) bond motifs is 2. The van der Waals surface area contributed by atoms with E-state index >= 15 is 0 Å². The first-order valence-corrected chi connectivity index (χ1v) is 11.3. The molecule has 0 amide bonds. The zero-order valence-corrected chi connectivity index (χ0v) is 18.3. The number of carbonyl (C=O) groups excluding carboxylic acids is 1. The number of carbonyl (C=O) groups is 1. The molecule has 5 nitrogen and oxygen atoms in total. The Morgan fingerprint density at radius 1 is 1.06 bits per heavy atom. The zero-order chi connectivity index (χ0) is 21.8. The molecular weight excluding hydrogens is 398 g/mol. The predicted octanol–water partition coefficient (Wildman–Crippen LogP) is 6.47. The number of rotatable bonds is 3. The van der Waals surface area contributed by atoms with E-state index in [9.17, 15) is 4.79 Å². The average Bonchev–Trinajstić information content (AvgIpc) is 3.24. The summed E-state index contributed by atoms with van der Waals surface area (Å²) < 4.78 is 5.91. The summed E-state index contributed by atoms with van der Waals surface area (Å²) in [5.41, 5.74) is 6.86. The van der Waals surface area contributed by atoms with E-state index in [1.165, 1.54) is 6.42 Å². The molecule has 5 heteroatoms. The number of ketones is 1. The number of benzene rings is 3. The number of aromatic nitrogens is 1. The summed E-state index contributed by atoms with van der Waals surface area (Å²) in [7, 11) is 0. The van der Waals surface area contributed by atoms with Gasteiger partial charge in [-0.1, -0.05) is 41.6 Å². The Morgan fingerprint density at radius 2 is 1.91 bits per heavy atom. The van der Waals surface area contributed by atoms with Crippen molar-refractivity contribution in [2.45, 2.75) is 39.2 Å². The molecule has 0 spiro atoms. The first-order valence-electron chi connectivity index (χ1n) is 11.3. The minimum absolute atomic E-state index is 0.00898. The summed E-state index contributed by atoms with van der Waals surface area (Å²) in [5, 5.41) is 8.86. The van der Waals surface area contributed by atoms with Gasteiger partial charge >= 0.3 is 0 Å². The van der Waals surface area contributed by atoms with E-state index in [4.69, 9.17) is 4.52 Å². The maximum atomic E-state index is 13.7. The van der Waals surface area contributed by atoms with Crippen LogP contribution in [0.1, 0.15) is 47.7 Å². The summed E-state index contributed by atoms with van der Waals surface area (Å²) in [6, 6.07) is 18.4. The van der Waals surface area contributed by atoms with Gasteiger partial charge in [0, 0.05) is 29.4 Å². The molecule has 2 aliphatic rings. The van der Waals surface area contributed by atoms with Gasteiger partial charge in [-0.25, -0.2) is 0 Å². The molecule has 32 heavy (non-hydrogen) atoms. The Hall–Kier alpha value is -3.60. The number of aryl methyl sites for hydroxylation is 1. The lowest BCUT2D eigenvalue weighted by Gasteiger charge is -2.36. The third-order valence-electron chi connectivity index (χ3n) is 6.79. The van der Waals surface area contributed by atoms with E-state index in [-0.39, 0.29) is 5.78 Å². The van der Waals surface area contributed by atoms with E-state index in [0.717, 1.165) is 58.5 Å². The Balaban J connectivity index is 1.63. The highest BCUT2D eigenvalue weighted by Gasteiger charge is 2.34. The molecule has 1 N–H and O–H groups in total. The minimum Gasteiger partial charge on any atom is -0.367 e. The molecule has 0 saturated carbocycles. The van der Waals surface area contributed by atoms with Crippen molar-refractivity contribution in [1.82, 2.24) is 5.16 Å². The second-order valence-electron chi connectivity index (χ2n) is 8.96. The largest absolute Gasteiger partial charge is 0.367 e. The molecule has 1 aliphatic carbocycles. The highest BCUT2D eigenvalue weighted by molar-refractivity contribution is 6.28. The lowest BCUT2D eigenvalue weighted by Crippen LogP contribution is -2.37. The molecule has 160 valence electrons. The van der Waals surface area contributed by atoms with Crippen molar-refractivity contribution in [2.24, 2.45) is 0 Å². The van der Waals surface area contributed by atoms with Crippen LogP contribution in [0.15, 0.2) is 59.1 Å². The van der Waals surface area contributed by atoms with Gasteiger partial charge in [-0.3, -0.25) is 4.79 Å². The Bertz CT molecular complexity index is 1370. The molecule has 4 aromatic rings. The van der Waals surface area contributed by atoms with Crippen LogP contribution in [0.2, 0.25) is 0 Å². The smallest absolute Gasteiger partial charge is 0.196 e. The van der Waals surface area contributed by atoms with Crippen LogP contribution in [-0.2, 0) is 0 Å². The summed E-state index contributed by atoms with van der Waals surface area (Å²) >= 11 is 0. The quantitative estimate of drug-likeness (QED) is 0.360. The number of hydrogen-bond acceptors (Lipinski definition) is 5. The fourth-order valence-corrected chi connectivity index (χ4v) is 5.19. The molecule has 1 atom stereocenters. The number of piperidine rings is 1. The normalized spacial score (nSPS) is 17.5. The van der Waals surface area contributed by atoms with E-state index in [1.54, 1.807) is 0 Å². The van der Waals surface area contributed by atoms with Crippen molar-refractivity contribution in [2.75, 3.05) is 16.8 Å². The molecule has 1 saturated heterocycles. The predicted molar refractivity (Wildman–Crippen MR) is 128 cm³/mol. The van der Waals surface area contributed by atoms with Crippen LogP contribution in [0.4, 0.5) is 17.1 Å².